The van der Waals surface area contributed by atoms with Gasteiger partial charge in [-0.2, -0.15) is 5.10 Å². The lowest BCUT2D eigenvalue weighted by Crippen LogP contribution is -2.17. The van der Waals surface area contributed by atoms with E-state index in [0.717, 1.165) is 11.1 Å². The van der Waals surface area contributed by atoms with Crippen molar-refractivity contribution in [3.8, 4) is 0 Å². The third-order valence-corrected chi connectivity index (χ3v) is 3.21. The van der Waals surface area contributed by atoms with Crippen LogP contribution in [0, 0.1) is 24.0 Å². The Morgan fingerprint density at radius 1 is 1.18 bits per heavy atom. The Hall–Kier alpha value is -3.02. The van der Waals surface area contributed by atoms with Gasteiger partial charge in [-0.3, -0.25) is 14.9 Å². The molecule has 0 aliphatic heterocycles. The highest BCUT2D eigenvalue weighted by Gasteiger charge is 2.13. The molecule has 0 aliphatic rings. The van der Waals surface area contributed by atoms with Gasteiger partial charge in [0, 0.05) is 17.2 Å². The average Bonchev–Trinajstić information content (AvgIpc) is 2.48. The minimum atomic E-state index is -0.479. The number of carbonyl (C=O) groups is 1. The molecule has 6 heteroatoms. The summed E-state index contributed by atoms with van der Waals surface area (Å²) < 4.78 is 0. The van der Waals surface area contributed by atoms with Crippen molar-refractivity contribution in [1.82, 2.24) is 5.43 Å². The Morgan fingerprint density at radius 3 is 2.55 bits per heavy atom. The van der Waals surface area contributed by atoms with Crippen LogP contribution >= 0.6 is 0 Å². The van der Waals surface area contributed by atoms with Gasteiger partial charge in [0.1, 0.15) is 0 Å². The third-order valence-electron chi connectivity index (χ3n) is 3.21. The van der Waals surface area contributed by atoms with Gasteiger partial charge in [0.05, 0.1) is 11.1 Å². The van der Waals surface area contributed by atoms with Crippen molar-refractivity contribution in [2.45, 2.75) is 13.8 Å². The molecule has 0 heterocycles. The molecular formula is C16H15N3O3. The normalized spacial score (nSPS) is 10.6. The zero-order valence-electron chi connectivity index (χ0n) is 12.2. The standard InChI is InChI=1S/C16H15N3O3/c1-11-5-3-4-6-14(11)10-17-18-16(20)13-7-8-15(19(21)22)12(2)9-13/h3-10H,1-2H3,(H,18,20). The summed E-state index contributed by atoms with van der Waals surface area (Å²) >= 11 is 0. The largest absolute Gasteiger partial charge is 0.272 e. The van der Waals surface area contributed by atoms with E-state index in [1.807, 2.05) is 31.2 Å². The summed E-state index contributed by atoms with van der Waals surface area (Å²) in [4.78, 5) is 22.2. The molecule has 0 saturated heterocycles. The van der Waals surface area contributed by atoms with E-state index < -0.39 is 10.8 Å². The van der Waals surface area contributed by atoms with Gasteiger partial charge in [-0.05, 0) is 37.1 Å². The number of nitro benzene ring substituents is 1. The first-order chi connectivity index (χ1) is 10.5. The van der Waals surface area contributed by atoms with Crippen molar-refractivity contribution in [3.63, 3.8) is 0 Å². The van der Waals surface area contributed by atoms with Gasteiger partial charge in [0.25, 0.3) is 11.6 Å². The van der Waals surface area contributed by atoms with Crippen molar-refractivity contribution < 1.29 is 9.72 Å². The van der Waals surface area contributed by atoms with Crippen LogP contribution in [0.25, 0.3) is 0 Å². The predicted molar refractivity (Wildman–Crippen MR) is 84.1 cm³/mol. The van der Waals surface area contributed by atoms with Gasteiger partial charge in [-0.15, -0.1) is 0 Å². The molecule has 0 saturated carbocycles. The van der Waals surface area contributed by atoms with Crippen molar-refractivity contribution in [3.05, 3.63) is 74.8 Å². The molecule has 2 aromatic carbocycles. The van der Waals surface area contributed by atoms with Gasteiger partial charge in [0.15, 0.2) is 0 Å². The summed E-state index contributed by atoms with van der Waals surface area (Å²) in [6, 6.07) is 11.8. The fourth-order valence-corrected chi connectivity index (χ4v) is 1.96. The second kappa shape index (κ2) is 6.62. The number of nitro groups is 1. The molecule has 0 fully saturated rings. The highest BCUT2D eigenvalue weighted by atomic mass is 16.6. The number of hydrogen-bond acceptors (Lipinski definition) is 4. The maximum absolute atomic E-state index is 12.0. The van der Waals surface area contributed by atoms with Crippen LogP contribution in [0.4, 0.5) is 5.69 Å². The Balaban J connectivity index is 2.08. The van der Waals surface area contributed by atoms with Crippen molar-refractivity contribution in [2.75, 3.05) is 0 Å². The number of hydrazone groups is 1. The first kappa shape index (κ1) is 15.4. The number of carbonyl (C=O) groups excluding carboxylic acids is 1. The molecule has 0 unspecified atom stereocenters. The van der Waals surface area contributed by atoms with E-state index in [-0.39, 0.29) is 5.69 Å². The zero-order valence-corrected chi connectivity index (χ0v) is 12.2. The second-order valence-electron chi connectivity index (χ2n) is 4.81. The molecule has 0 radical (unpaired) electrons. The summed E-state index contributed by atoms with van der Waals surface area (Å²) in [5.41, 5.74) is 5.11. The smallest absolute Gasteiger partial charge is 0.267 e. The summed E-state index contributed by atoms with van der Waals surface area (Å²) in [5.74, 6) is -0.414. The SMILES string of the molecule is Cc1ccccc1C=NNC(=O)c1ccc([N+](=O)[O-])c(C)c1. The first-order valence-electron chi connectivity index (χ1n) is 6.63. The van der Waals surface area contributed by atoms with E-state index in [2.05, 4.69) is 10.5 Å². The Labute approximate surface area is 127 Å². The fraction of sp³-hybridized carbons (Fsp3) is 0.125. The molecule has 2 rings (SSSR count). The molecule has 2 aromatic rings. The van der Waals surface area contributed by atoms with Crippen LogP contribution in [0.5, 0.6) is 0 Å². The molecule has 0 spiro atoms. The lowest BCUT2D eigenvalue weighted by atomic mass is 10.1. The van der Waals surface area contributed by atoms with Crippen LogP contribution < -0.4 is 5.43 Å². The van der Waals surface area contributed by atoms with Gasteiger partial charge in [0.2, 0.25) is 0 Å². The summed E-state index contributed by atoms with van der Waals surface area (Å²) in [6.45, 7) is 3.54. The second-order valence-corrected chi connectivity index (χ2v) is 4.81. The topological polar surface area (TPSA) is 84.6 Å². The predicted octanol–water partition coefficient (Wildman–Crippen LogP) is 2.98. The van der Waals surface area contributed by atoms with Gasteiger partial charge >= 0.3 is 0 Å². The summed E-state index contributed by atoms with van der Waals surface area (Å²) in [7, 11) is 0. The highest BCUT2D eigenvalue weighted by Crippen LogP contribution is 2.18. The van der Waals surface area contributed by atoms with Crippen LogP contribution in [-0.2, 0) is 0 Å². The minimum Gasteiger partial charge on any atom is -0.267 e. The van der Waals surface area contributed by atoms with Crippen LogP contribution in [0.3, 0.4) is 0 Å². The number of rotatable bonds is 4. The van der Waals surface area contributed by atoms with Gasteiger partial charge in [-0.25, -0.2) is 5.43 Å². The molecule has 22 heavy (non-hydrogen) atoms. The Bertz CT molecular complexity index is 754. The maximum Gasteiger partial charge on any atom is 0.272 e. The molecule has 0 aromatic heterocycles. The van der Waals surface area contributed by atoms with Gasteiger partial charge in [-0.1, -0.05) is 24.3 Å². The van der Waals surface area contributed by atoms with E-state index in [1.54, 1.807) is 13.1 Å². The van der Waals surface area contributed by atoms with Crippen LogP contribution in [0.2, 0.25) is 0 Å². The monoisotopic (exact) mass is 297 g/mol. The van der Waals surface area contributed by atoms with E-state index in [1.165, 1.54) is 18.2 Å². The molecule has 0 bridgehead atoms. The van der Waals surface area contributed by atoms with Crippen molar-refractivity contribution in [1.29, 1.82) is 0 Å². The number of amides is 1. The molecule has 1 amide bonds. The zero-order chi connectivity index (χ0) is 16.1. The highest BCUT2D eigenvalue weighted by molar-refractivity contribution is 5.95. The number of nitrogens with one attached hydrogen (secondary N) is 1. The van der Waals surface area contributed by atoms with Crippen LogP contribution in [0.15, 0.2) is 47.6 Å². The van der Waals surface area contributed by atoms with Crippen molar-refractivity contribution >= 4 is 17.8 Å². The Kier molecular flexibility index (Phi) is 4.63. The third kappa shape index (κ3) is 3.54. The summed E-state index contributed by atoms with van der Waals surface area (Å²) in [5, 5.41) is 14.7. The van der Waals surface area contributed by atoms with Crippen LogP contribution in [-0.4, -0.2) is 17.0 Å². The van der Waals surface area contributed by atoms with Crippen molar-refractivity contribution in [2.24, 2.45) is 5.10 Å². The average molecular weight is 297 g/mol. The number of hydrogen-bond donors (Lipinski definition) is 1. The first-order valence-corrected chi connectivity index (χ1v) is 6.63. The van der Waals surface area contributed by atoms with E-state index >= 15 is 0 Å². The minimum absolute atomic E-state index is 0.0139. The van der Waals surface area contributed by atoms with Crippen LogP contribution in [0.1, 0.15) is 27.0 Å². The number of benzene rings is 2. The number of aryl methyl sites for hydroxylation is 2. The molecule has 112 valence electrons. The lowest BCUT2D eigenvalue weighted by Gasteiger charge is -2.02. The maximum atomic E-state index is 12.0. The molecule has 0 atom stereocenters. The fourth-order valence-electron chi connectivity index (χ4n) is 1.96. The molecule has 1 N–H and O–H groups in total. The Morgan fingerprint density at radius 2 is 1.91 bits per heavy atom. The summed E-state index contributed by atoms with van der Waals surface area (Å²) in [6.07, 6.45) is 1.56. The van der Waals surface area contributed by atoms with E-state index in [0.29, 0.717) is 11.1 Å². The molecule has 0 aliphatic carbocycles. The molecular weight excluding hydrogens is 282 g/mol. The quantitative estimate of drug-likeness (QED) is 0.535. The number of nitrogens with zero attached hydrogens (tertiary/aromatic N) is 2. The van der Waals surface area contributed by atoms with E-state index in [9.17, 15) is 14.9 Å². The van der Waals surface area contributed by atoms with E-state index in [4.69, 9.17) is 0 Å². The molecule has 6 nitrogen and oxygen atoms in total. The lowest BCUT2D eigenvalue weighted by molar-refractivity contribution is -0.385. The van der Waals surface area contributed by atoms with Gasteiger partial charge < -0.3 is 0 Å².